The highest BCUT2D eigenvalue weighted by molar-refractivity contribution is 5.69. The highest BCUT2D eigenvalue weighted by atomic mass is 16.5. The van der Waals surface area contributed by atoms with Crippen molar-refractivity contribution in [2.24, 2.45) is 0 Å². The number of hydrogen-bond donors (Lipinski definition) is 1. The maximum atomic E-state index is 12.3. The minimum absolute atomic E-state index is 0.0688. The van der Waals surface area contributed by atoms with Crippen LogP contribution in [0.15, 0.2) is 24.3 Å². The third-order valence-electron chi connectivity index (χ3n) is 7.19. The average molecular weight is 535 g/mol. The minimum atomic E-state index is -0.817. The first-order chi connectivity index (χ1) is 18.6. The molecule has 0 aliphatic rings. The van der Waals surface area contributed by atoms with Crippen LogP contribution in [0.1, 0.15) is 174 Å². The van der Waals surface area contributed by atoms with Crippen LogP contribution in [0.5, 0.6) is 0 Å². The number of hydrogen-bond acceptors (Lipinski definition) is 3. The summed E-state index contributed by atoms with van der Waals surface area (Å²) in [5, 5.41) is 9.05. The van der Waals surface area contributed by atoms with E-state index < -0.39 is 5.97 Å². The van der Waals surface area contributed by atoms with E-state index in [1.165, 1.54) is 89.9 Å². The molecule has 0 aromatic carbocycles. The van der Waals surface area contributed by atoms with Crippen LogP contribution < -0.4 is 0 Å². The van der Waals surface area contributed by atoms with Crippen LogP contribution in [0.4, 0.5) is 0 Å². The van der Waals surface area contributed by atoms with Crippen LogP contribution in [-0.4, -0.2) is 23.1 Å². The van der Waals surface area contributed by atoms with Gasteiger partial charge in [0.1, 0.15) is 6.10 Å². The number of carboxylic acid groups (broad SMARTS) is 1. The monoisotopic (exact) mass is 534 g/mol. The van der Waals surface area contributed by atoms with E-state index in [-0.39, 0.29) is 18.5 Å². The van der Waals surface area contributed by atoms with Crippen LogP contribution in [0, 0.1) is 0 Å². The number of carbonyl (C=O) groups excluding carboxylic acids is 1. The van der Waals surface area contributed by atoms with Gasteiger partial charge in [-0.05, 0) is 57.8 Å². The summed E-state index contributed by atoms with van der Waals surface area (Å²) in [6.07, 6.45) is 36.1. The van der Waals surface area contributed by atoms with Crippen molar-refractivity contribution < 1.29 is 19.4 Å². The fourth-order valence-corrected chi connectivity index (χ4v) is 4.73. The third-order valence-corrected chi connectivity index (χ3v) is 7.19. The molecule has 1 atom stereocenters. The maximum absolute atomic E-state index is 12.3. The number of ether oxygens (including phenoxy) is 1. The molecule has 0 saturated heterocycles. The number of carbonyl (C=O) groups is 2. The molecule has 0 spiro atoms. The van der Waals surface area contributed by atoms with Crippen LogP contribution >= 0.6 is 0 Å². The predicted molar refractivity (Wildman–Crippen MR) is 163 cm³/mol. The van der Waals surface area contributed by atoms with Crippen LogP contribution in [0.3, 0.4) is 0 Å². The molecule has 222 valence electrons. The second-order valence-electron chi connectivity index (χ2n) is 11.0. The van der Waals surface area contributed by atoms with Gasteiger partial charge in [-0.1, -0.05) is 128 Å². The lowest BCUT2D eigenvalue weighted by molar-refractivity contribution is -0.151. The number of aliphatic carboxylic acids is 1. The van der Waals surface area contributed by atoms with E-state index >= 15 is 0 Å². The smallest absolute Gasteiger partial charge is 0.306 e. The Balaban J connectivity index is 3.81. The zero-order chi connectivity index (χ0) is 27.9. The van der Waals surface area contributed by atoms with Crippen molar-refractivity contribution in [3.63, 3.8) is 0 Å². The molecule has 38 heavy (non-hydrogen) atoms. The topological polar surface area (TPSA) is 63.6 Å². The van der Waals surface area contributed by atoms with Crippen molar-refractivity contribution in [3.8, 4) is 0 Å². The Hall–Kier alpha value is -1.58. The van der Waals surface area contributed by atoms with Gasteiger partial charge in [0.2, 0.25) is 0 Å². The molecule has 0 amide bonds. The van der Waals surface area contributed by atoms with Crippen LogP contribution in [0.2, 0.25) is 0 Å². The van der Waals surface area contributed by atoms with Crippen molar-refractivity contribution in [1.82, 2.24) is 0 Å². The van der Waals surface area contributed by atoms with Crippen molar-refractivity contribution in [3.05, 3.63) is 24.3 Å². The molecule has 0 aromatic rings. The normalized spacial score (nSPS) is 12.5. The molecule has 4 nitrogen and oxygen atoms in total. The van der Waals surface area contributed by atoms with E-state index in [0.717, 1.165) is 51.4 Å². The Labute approximate surface area is 236 Å². The Morgan fingerprint density at radius 2 is 1.05 bits per heavy atom. The molecule has 0 aliphatic heterocycles. The summed E-state index contributed by atoms with van der Waals surface area (Å²) in [4.78, 5) is 23.3. The van der Waals surface area contributed by atoms with Crippen molar-refractivity contribution in [1.29, 1.82) is 0 Å². The van der Waals surface area contributed by atoms with Crippen molar-refractivity contribution >= 4 is 11.9 Å². The standard InChI is InChI=1S/C34H62O4/c1-3-5-7-9-11-13-15-16-17-18-19-21-23-25-27-29-34(37)38-32(30-31-33(35)36)28-26-24-22-20-14-12-10-8-6-4-2/h11,13,16-17,32H,3-10,12,14-15,18-31H2,1-2H3,(H,35,36)/b13-11-,17-16-. The van der Waals surface area contributed by atoms with Gasteiger partial charge in [-0.3, -0.25) is 9.59 Å². The lowest BCUT2D eigenvalue weighted by Crippen LogP contribution is -2.19. The lowest BCUT2D eigenvalue weighted by Gasteiger charge is -2.17. The Morgan fingerprint density at radius 1 is 0.579 bits per heavy atom. The summed E-state index contributed by atoms with van der Waals surface area (Å²) in [6, 6.07) is 0. The number of unbranched alkanes of at least 4 members (excludes halogenated alkanes) is 17. The molecule has 0 radical (unpaired) electrons. The number of allylic oxidation sites excluding steroid dienone is 4. The maximum Gasteiger partial charge on any atom is 0.306 e. The Morgan fingerprint density at radius 3 is 1.63 bits per heavy atom. The van der Waals surface area contributed by atoms with Gasteiger partial charge in [0.05, 0.1) is 0 Å². The summed E-state index contributed by atoms with van der Waals surface area (Å²) < 4.78 is 5.69. The molecule has 1 unspecified atom stereocenters. The molecule has 0 heterocycles. The van der Waals surface area contributed by atoms with Gasteiger partial charge in [-0.2, -0.15) is 0 Å². The Bertz CT molecular complexity index is 581. The van der Waals surface area contributed by atoms with E-state index in [9.17, 15) is 9.59 Å². The second-order valence-corrected chi connectivity index (χ2v) is 11.0. The van der Waals surface area contributed by atoms with Gasteiger partial charge in [0.25, 0.3) is 0 Å². The molecule has 0 rings (SSSR count). The molecule has 1 N–H and O–H groups in total. The van der Waals surface area contributed by atoms with Gasteiger partial charge in [-0.25, -0.2) is 0 Å². The molecule has 0 fully saturated rings. The summed E-state index contributed by atoms with van der Waals surface area (Å²) in [5.74, 6) is -0.971. The molecular weight excluding hydrogens is 472 g/mol. The van der Waals surface area contributed by atoms with Crippen LogP contribution in [0.25, 0.3) is 0 Å². The highest BCUT2D eigenvalue weighted by Crippen LogP contribution is 2.17. The highest BCUT2D eigenvalue weighted by Gasteiger charge is 2.15. The van der Waals surface area contributed by atoms with E-state index in [2.05, 4.69) is 38.2 Å². The summed E-state index contributed by atoms with van der Waals surface area (Å²) >= 11 is 0. The zero-order valence-corrected chi connectivity index (χ0v) is 25.2. The van der Waals surface area contributed by atoms with Gasteiger partial charge in [0.15, 0.2) is 0 Å². The van der Waals surface area contributed by atoms with Crippen molar-refractivity contribution in [2.75, 3.05) is 0 Å². The third kappa shape index (κ3) is 29.0. The van der Waals surface area contributed by atoms with Gasteiger partial charge in [0, 0.05) is 12.8 Å². The Kier molecular flexibility index (Phi) is 28.7. The summed E-state index contributed by atoms with van der Waals surface area (Å²) in [6.45, 7) is 4.49. The molecule has 4 heteroatoms. The summed E-state index contributed by atoms with van der Waals surface area (Å²) in [7, 11) is 0. The van der Waals surface area contributed by atoms with Crippen molar-refractivity contribution in [2.45, 2.75) is 180 Å². The van der Waals surface area contributed by atoms with Gasteiger partial charge in [-0.15, -0.1) is 0 Å². The minimum Gasteiger partial charge on any atom is -0.481 e. The molecule has 0 bridgehead atoms. The largest absolute Gasteiger partial charge is 0.481 e. The fraction of sp³-hybridized carbons (Fsp3) is 0.824. The molecule has 0 aliphatic carbocycles. The number of rotatable bonds is 29. The SMILES string of the molecule is CCCCC/C=C\C/C=C\CCCCCCCC(=O)OC(CCCCCCCCCCCC)CCC(=O)O. The second kappa shape index (κ2) is 30.0. The van der Waals surface area contributed by atoms with E-state index in [4.69, 9.17) is 9.84 Å². The van der Waals surface area contributed by atoms with E-state index in [1.807, 2.05) is 0 Å². The zero-order valence-electron chi connectivity index (χ0n) is 25.2. The fourth-order valence-electron chi connectivity index (χ4n) is 4.73. The molecule has 0 aromatic heterocycles. The first kappa shape index (κ1) is 36.4. The van der Waals surface area contributed by atoms with E-state index in [0.29, 0.717) is 12.8 Å². The average Bonchev–Trinajstić information content (AvgIpc) is 2.90. The van der Waals surface area contributed by atoms with Gasteiger partial charge >= 0.3 is 11.9 Å². The van der Waals surface area contributed by atoms with Gasteiger partial charge < -0.3 is 9.84 Å². The number of esters is 1. The first-order valence-electron chi connectivity index (χ1n) is 16.3. The van der Waals surface area contributed by atoms with E-state index in [1.54, 1.807) is 0 Å². The number of carboxylic acids is 1. The quantitative estimate of drug-likeness (QED) is 0.0589. The molecular formula is C34H62O4. The molecule has 0 saturated carbocycles. The first-order valence-corrected chi connectivity index (χ1v) is 16.3. The van der Waals surface area contributed by atoms with Crippen LogP contribution in [-0.2, 0) is 14.3 Å². The predicted octanol–water partition coefficient (Wildman–Crippen LogP) is 10.9. The summed E-state index contributed by atoms with van der Waals surface area (Å²) in [5.41, 5.74) is 0. The lowest BCUT2D eigenvalue weighted by atomic mass is 10.0.